The molecule has 1 aromatic heterocycles. The first-order valence-electron chi connectivity index (χ1n) is 7.03. The molecule has 0 aliphatic heterocycles. The van der Waals surface area contributed by atoms with Gasteiger partial charge in [-0.3, -0.25) is 5.32 Å². The standard InChI is InChI=1S/C16H21N3O2/c1-4-18-16(15(20)21,14-8-6-5-7-9-14)10-19-11-17-12(2)13(19)3/h5-9,11,18H,4,10H2,1-3H3,(H,20,21). The SMILES string of the molecule is CCNC(Cn1cnc(C)c1C)(C(=O)O)c1ccccc1. The van der Waals surface area contributed by atoms with Gasteiger partial charge in [0.2, 0.25) is 0 Å². The minimum atomic E-state index is -1.16. The van der Waals surface area contributed by atoms with Gasteiger partial charge in [-0.05, 0) is 26.0 Å². The maximum atomic E-state index is 12.0. The lowest BCUT2D eigenvalue weighted by atomic mass is 9.89. The number of carboxylic acids is 1. The van der Waals surface area contributed by atoms with Gasteiger partial charge in [0.05, 0.1) is 18.6 Å². The number of imidazole rings is 1. The number of benzene rings is 1. The van der Waals surface area contributed by atoms with Gasteiger partial charge in [-0.15, -0.1) is 0 Å². The summed E-state index contributed by atoms with van der Waals surface area (Å²) in [5.41, 5.74) is 1.48. The van der Waals surface area contributed by atoms with Crippen molar-refractivity contribution in [3.05, 3.63) is 53.6 Å². The topological polar surface area (TPSA) is 67.2 Å². The third-order valence-corrected chi connectivity index (χ3v) is 3.86. The number of aromatic nitrogens is 2. The third-order valence-electron chi connectivity index (χ3n) is 3.86. The fourth-order valence-electron chi connectivity index (χ4n) is 2.50. The summed E-state index contributed by atoms with van der Waals surface area (Å²) < 4.78 is 1.89. The average Bonchev–Trinajstić information content (AvgIpc) is 2.79. The van der Waals surface area contributed by atoms with Crippen molar-refractivity contribution in [1.82, 2.24) is 14.9 Å². The van der Waals surface area contributed by atoms with Gasteiger partial charge in [0.1, 0.15) is 0 Å². The molecule has 112 valence electrons. The molecule has 1 unspecified atom stereocenters. The second-order valence-corrected chi connectivity index (χ2v) is 5.15. The molecule has 0 aliphatic carbocycles. The quantitative estimate of drug-likeness (QED) is 0.853. The normalized spacial score (nSPS) is 13.9. The number of nitrogens with zero attached hydrogens (tertiary/aromatic N) is 2. The molecule has 0 saturated heterocycles. The van der Waals surface area contributed by atoms with Crippen molar-refractivity contribution in [2.45, 2.75) is 32.9 Å². The van der Waals surface area contributed by atoms with Gasteiger partial charge in [0.15, 0.2) is 5.54 Å². The van der Waals surface area contributed by atoms with Crippen LogP contribution in [0.3, 0.4) is 0 Å². The summed E-state index contributed by atoms with van der Waals surface area (Å²) in [6.45, 7) is 6.64. The van der Waals surface area contributed by atoms with E-state index in [0.29, 0.717) is 13.1 Å². The van der Waals surface area contributed by atoms with Gasteiger partial charge in [-0.1, -0.05) is 37.3 Å². The van der Waals surface area contributed by atoms with Crippen LogP contribution in [0.25, 0.3) is 0 Å². The summed E-state index contributed by atoms with van der Waals surface area (Å²) in [5.74, 6) is -0.888. The van der Waals surface area contributed by atoms with Crippen molar-refractivity contribution in [2.24, 2.45) is 0 Å². The minimum Gasteiger partial charge on any atom is -0.480 e. The molecule has 5 nitrogen and oxygen atoms in total. The predicted molar refractivity (Wildman–Crippen MR) is 81.1 cm³/mol. The molecule has 1 aromatic carbocycles. The summed E-state index contributed by atoms with van der Waals surface area (Å²) in [5, 5.41) is 13.0. The summed E-state index contributed by atoms with van der Waals surface area (Å²) >= 11 is 0. The van der Waals surface area contributed by atoms with E-state index in [9.17, 15) is 9.90 Å². The van der Waals surface area contributed by atoms with E-state index >= 15 is 0 Å². The Bertz CT molecular complexity index is 622. The number of hydrogen-bond acceptors (Lipinski definition) is 3. The lowest BCUT2D eigenvalue weighted by Gasteiger charge is -2.31. The Labute approximate surface area is 124 Å². The number of carboxylic acid groups (broad SMARTS) is 1. The molecule has 2 aromatic rings. The second kappa shape index (κ2) is 6.10. The Morgan fingerprint density at radius 2 is 2.00 bits per heavy atom. The molecule has 0 bridgehead atoms. The van der Waals surface area contributed by atoms with Crippen molar-refractivity contribution in [1.29, 1.82) is 0 Å². The van der Waals surface area contributed by atoms with Crippen molar-refractivity contribution < 1.29 is 9.90 Å². The first-order chi connectivity index (χ1) is 10.0. The maximum Gasteiger partial charge on any atom is 0.330 e. The maximum absolute atomic E-state index is 12.0. The van der Waals surface area contributed by atoms with E-state index in [1.165, 1.54) is 0 Å². The van der Waals surface area contributed by atoms with Crippen LogP contribution in [0.15, 0.2) is 36.7 Å². The molecular weight excluding hydrogens is 266 g/mol. The number of aryl methyl sites for hydroxylation is 1. The monoisotopic (exact) mass is 287 g/mol. The van der Waals surface area contributed by atoms with Gasteiger partial charge in [-0.2, -0.15) is 0 Å². The summed E-state index contributed by atoms with van der Waals surface area (Å²) in [4.78, 5) is 16.3. The number of carbonyl (C=O) groups is 1. The van der Waals surface area contributed by atoms with E-state index in [1.54, 1.807) is 6.33 Å². The highest BCUT2D eigenvalue weighted by molar-refractivity contribution is 5.80. The van der Waals surface area contributed by atoms with Gasteiger partial charge in [0, 0.05) is 5.69 Å². The van der Waals surface area contributed by atoms with Crippen LogP contribution >= 0.6 is 0 Å². The highest BCUT2D eigenvalue weighted by Crippen LogP contribution is 2.25. The van der Waals surface area contributed by atoms with Crippen LogP contribution in [0.4, 0.5) is 0 Å². The molecule has 0 aliphatic rings. The van der Waals surface area contributed by atoms with Crippen molar-refractivity contribution in [3.8, 4) is 0 Å². The molecule has 1 heterocycles. The van der Waals surface area contributed by atoms with E-state index in [2.05, 4.69) is 10.3 Å². The molecule has 0 fully saturated rings. The van der Waals surface area contributed by atoms with E-state index in [-0.39, 0.29) is 0 Å². The molecule has 1 atom stereocenters. The minimum absolute atomic E-state index is 0.298. The van der Waals surface area contributed by atoms with Crippen LogP contribution in [0, 0.1) is 13.8 Å². The van der Waals surface area contributed by atoms with Crippen molar-refractivity contribution in [3.63, 3.8) is 0 Å². The summed E-state index contributed by atoms with van der Waals surface area (Å²) in [6.07, 6.45) is 1.70. The van der Waals surface area contributed by atoms with E-state index in [1.807, 2.05) is 55.7 Å². The Morgan fingerprint density at radius 1 is 1.33 bits per heavy atom. The van der Waals surface area contributed by atoms with E-state index in [4.69, 9.17) is 0 Å². The predicted octanol–water partition coefficient (Wildman–Crippen LogP) is 2.09. The number of likely N-dealkylation sites (N-methyl/N-ethyl adjacent to an activating group) is 1. The molecule has 21 heavy (non-hydrogen) atoms. The zero-order valence-electron chi connectivity index (χ0n) is 12.6. The van der Waals surface area contributed by atoms with Gasteiger partial charge in [0.25, 0.3) is 0 Å². The van der Waals surface area contributed by atoms with Gasteiger partial charge < -0.3 is 9.67 Å². The highest BCUT2D eigenvalue weighted by atomic mass is 16.4. The molecule has 0 radical (unpaired) electrons. The largest absolute Gasteiger partial charge is 0.480 e. The van der Waals surface area contributed by atoms with Crippen LogP contribution in [-0.4, -0.2) is 27.2 Å². The molecule has 0 spiro atoms. The zero-order chi connectivity index (χ0) is 15.5. The first-order valence-corrected chi connectivity index (χ1v) is 7.03. The van der Waals surface area contributed by atoms with Crippen LogP contribution in [0.5, 0.6) is 0 Å². The first kappa shape index (κ1) is 15.3. The summed E-state index contributed by atoms with van der Waals surface area (Å²) in [7, 11) is 0. The summed E-state index contributed by atoms with van der Waals surface area (Å²) in [6, 6.07) is 9.28. The van der Waals surface area contributed by atoms with Crippen molar-refractivity contribution >= 4 is 5.97 Å². The Hall–Kier alpha value is -2.14. The number of aliphatic carboxylic acids is 1. The fourth-order valence-corrected chi connectivity index (χ4v) is 2.50. The second-order valence-electron chi connectivity index (χ2n) is 5.15. The molecule has 2 N–H and O–H groups in total. The third kappa shape index (κ3) is 2.83. The average molecular weight is 287 g/mol. The molecule has 0 amide bonds. The van der Waals surface area contributed by atoms with E-state index in [0.717, 1.165) is 17.0 Å². The van der Waals surface area contributed by atoms with Gasteiger partial charge in [-0.25, -0.2) is 9.78 Å². The fraction of sp³-hybridized carbons (Fsp3) is 0.375. The number of rotatable bonds is 6. The molecule has 2 rings (SSSR count). The lowest BCUT2D eigenvalue weighted by Crippen LogP contribution is -2.52. The van der Waals surface area contributed by atoms with E-state index < -0.39 is 11.5 Å². The highest BCUT2D eigenvalue weighted by Gasteiger charge is 2.40. The van der Waals surface area contributed by atoms with Crippen LogP contribution in [0.1, 0.15) is 23.9 Å². The van der Waals surface area contributed by atoms with Crippen LogP contribution in [-0.2, 0) is 16.9 Å². The lowest BCUT2D eigenvalue weighted by molar-refractivity contribution is -0.146. The smallest absolute Gasteiger partial charge is 0.330 e. The molecule has 5 heteroatoms. The number of hydrogen-bond donors (Lipinski definition) is 2. The van der Waals surface area contributed by atoms with Gasteiger partial charge >= 0.3 is 5.97 Å². The molecular formula is C16H21N3O2. The number of nitrogens with one attached hydrogen (secondary N) is 1. The van der Waals surface area contributed by atoms with Crippen LogP contribution in [0.2, 0.25) is 0 Å². The van der Waals surface area contributed by atoms with Crippen molar-refractivity contribution in [2.75, 3.05) is 6.54 Å². The Kier molecular flexibility index (Phi) is 4.43. The Balaban J connectivity index is 2.50. The molecule has 0 saturated carbocycles. The van der Waals surface area contributed by atoms with Crippen LogP contribution < -0.4 is 5.32 Å². The zero-order valence-corrected chi connectivity index (χ0v) is 12.6. The Morgan fingerprint density at radius 3 is 2.48 bits per heavy atom.